The summed E-state index contributed by atoms with van der Waals surface area (Å²) in [6.07, 6.45) is 11.3. The van der Waals surface area contributed by atoms with Crippen molar-refractivity contribution in [2.24, 2.45) is 11.7 Å². The quantitative estimate of drug-likeness (QED) is 0.545. The summed E-state index contributed by atoms with van der Waals surface area (Å²) in [5.74, 6) is -0.308. The van der Waals surface area contributed by atoms with Crippen molar-refractivity contribution in [2.45, 2.75) is 51.9 Å². The van der Waals surface area contributed by atoms with E-state index in [4.69, 9.17) is 19.9 Å². The Kier molecular flexibility index (Phi) is 9.60. The van der Waals surface area contributed by atoms with Gasteiger partial charge in [0.05, 0.1) is 13.2 Å². The van der Waals surface area contributed by atoms with Crippen molar-refractivity contribution in [1.82, 2.24) is 0 Å². The maximum absolute atomic E-state index is 11.7. The van der Waals surface area contributed by atoms with Gasteiger partial charge in [-0.1, -0.05) is 50.6 Å². The highest BCUT2D eigenvalue weighted by Crippen LogP contribution is 2.29. The van der Waals surface area contributed by atoms with Crippen LogP contribution in [-0.4, -0.2) is 44.5 Å². The predicted octanol–water partition coefficient (Wildman–Crippen LogP) is 2.77. The number of carbonyl (C=O) groups is 1. The molecule has 1 fully saturated rings. The van der Waals surface area contributed by atoms with Crippen molar-refractivity contribution < 1.29 is 19.0 Å². The SMILES string of the molecule is CCC/C=C/C=C/C=C(\C)[C@@H]1OC[C@@H](C)[C@@H](OC)[C@@H]1OC(=O)CN. The number of nitrogens with two attached hydrogens (primary N) is 1. The molecule has 136 valence electrons. The largest absolute Gasteiger partial charge is 0.455 e. The molecular formula is C19H31NO4. The molecule has 0 aromatic rings. The van der Waals surface area contributed by atoms with Crippen LogP contribution < -0.4 is 5.73 Å². The van der Waals surface area contributed by atoms with Crippen LogP contribution in [0.5, 0.6) is 0 Å². The molecule has 1 rings (SSSR count). The second kappa shape index (κ2) is 11.2. The summed E-state index contributed by atoms with van der Waals surface area (Å²) < 4.78 is 17.0. The highest BCUT2D eigenvalue weighted by atomic mass is 16.6. The first-order chi connectivity index (χ1) is 11.5. The fourth-order valence-electron chi connectivity index (χ4n) is 2.73. The van der Waals surface area contributed by atoms with Gasteiger partial charge >= 0.3 is 5.97 Å². The topological polar surface area (TPSA) is 70.8 Å². The average Bonchev–Trinajstić information content (AvgIpc) is 2.58. The second-order valence-electron chi connectivity index (χ2n) is 6.10. The van der Waals surface area contributed by atoms with Crippen molar-refractivity contribution in [2.75, 3.05) is 20.3 Å². The number of methoxy groups -OCH3 is 1. The fraction of sp³-hybridized carbons (Fsp3) is 0.632. The molecule has 0 aliphatic carbocycles. The summed E-state index contributed by atoms with van der Waals surface area (Å²) in [6, 6.07) is 0. The molecule has 0 saturated carbocycles. The van der Waals surface area contributed by atoms with E-state index in [1.807, 2.05) is 38.2 Å². The van der Waals surface area contributed by atoms with E-state index in [0.717, 1.165) is 18.4 Å². The monoisotopic (exact) mass is 337 g/mol. The molecule has 1 aliphatic rings. The Morgan fingerprint density at radius 2 is 2.04 bits per heavy atom. The van der Waals surface area contributed by atoms with Gasteiger partial charge in [-0.05, 0) is 18.9 Å². The molecule has 1 heterocycles. The lowest BCUT2D eigenvalue weighted by Crippen LogP contribution is -2.53. The third-order valence-corrected chi connectivity index (χ3v) is 4.05. The molecule has 0 aromatic heterocycles. The van der Waals surface area contributed by atoms with Gasteiger partial charge in [-0.2, -0.15) is 0 Å². The summed E-state index contributed by atoms with van der Waals surface area (Å²) in [6.45, 7) is 6.54. The molecule has 4 atom stereocenters. The molecule has 5 heteroatoms. The molecule has 5 nitrogen and oxygen atoms in total. The number of rotatable bonds is 8. The maximum Gasteiger partial charge on any atom is 0.320 e. The van der Waals surface area contributed by atoms with E-state index in [9.17, 15) is 4.79 Å². The van der Waals surface area contributed by atoms with Gasteiger partial charge in [0.1, 0.15) is 12.2 Å². The third kappa shape index (κ3) is 6.23. The van der Waals surface area contributed by atoms with Crippen LogP contribution in [0.15, 0.2) is 36.0 Å². The van der Waals surface area contributed by atoms with Crippen molar-refractivity contribution in [3.63, 3.8) is 0 Å². The van der Waals surface area contributed by atoms with Gasteiger partial charge in [-0.15, -0.1) is 0 Å². The number of allylic oxidation sites excluding steroid dienone is 5. The lowest BCUT2D eigenvalue weighted by Gasteiger charge is -2.40. The van der Waals surface area contributed by atoms with E-state index in [0.29, 0.717) is 6.61 Å². The number of ether oxygens (including phenoxy) is 3. The lowest BCUT2D eigenvalue weighted by molar-refractivity contribution is -0.190. The van der Waals surface area contributed by atoms with Crippen molar-refractivity contribution >= 4 is 5.97 Å². The summed E-state index contributed by atoms with van der Waals surface area (Å²) in [5.41, 5.74) is 6.37. The summed E-state index contributed by atoms with van der Waals surface area (Å²) in [5, 5.41) is 0. The molecule has 0 spiro atoms. The minimum Gasteiger partial charge on any atom is -0.455 e. The van der Waals surface area contributed by atoms with Crippen LogP contribution in [0.25, 0.3) is 0 Å². The van der Waals surface area contributed by atoms with E-state index < -0.39 is 12.1 Å². The normalized spacial score (nSPS) is 28.6. The number of carbonyl (C=O) groups excluding carboxylic acids is 1. The van der Waals surface area contributed by atoms with Crippen LogP contribution in [0.3, 0.4) is 0 Å². The van der Waals surface area contributed by atoms with E-state index in [1.165, 1.54) is 0 Å². The van der Waals surface area contributed by atoms with E-state index in [2.05, 4.69) is 13.0 Å². The highest BCUT2D eigenvalue weighted by Gasteiger charge is 2.42. The Morgan fingerprint density at radius 3 is 2.67 bits per heavy atom. The molecule has 0 unspecified atom stereocenters. The predicted molar refractivity (Wildman–Crippen MR) is 95.6 cm³/mol. The molecule has 0 bridgehead atoms. The Balaban J connectivity index is 2.85. The minimum atomic E-state index is -0.491. The Bertz CT molecular complexity index is 470. The molecule has 1 aliphatic heterocycles. The van der Waals surface area contributed by atoms with Gasteiger partial charge in [0.15, 0.2) is 6.10 Å². The molecule has 0 radical (unpaired) electrons. The average molecular weight is 337 g/mol. The van der Waals surface area contributed by atoms with Crippen LogP contribution in [0, 0.1) is 5.92 Å². The summed E-state index contributed by atoms with van der Waals surface area (Å²) >= 11 is 0. The number of hydrogen-bond acceptors (Lipinski definition) is 5. The molecule has 0 amide bonds. The van der Waals surface area contributed by atoms with Crippen LogP contribution in [0.1, 0.15) is 33.6 Å². The van der Waals surface area contributed by atoms with Gasteiger partial charge in [-0.25, -0.2) is 0 Å². The minimum absolute atomic E-state index is 0.141. The molecule has 0 aromatic carbocycles. The first-order valence-electron chi connectivity index (χ1n) is 8.59. The molecule has 1 saturated heterocycles. The van der Waals surface area contributed by atoms with Gasteiger partial charge < -0.3 is 19.9 Å². The zero-order valence-electron chi connectivity index (χ0n) is 15.2. The molecular weight excluding hydrogens is 306 g/mol. The molecule has 2 N–H and O–H groups in total. The van der Waals surface area contributed by atoms with Crippen molar-refractivity contribution in [1.29, 1.82) is 0 Å². The van der Waals surface area contributed by atoms with Crippen LogP contribution in [0.2, 0.25) is 0 Å². The number of unbranched alkanes of at least 4 members (excludes halogenated alkanes) is 1. The van der Waals surface area contributed by atoms with Crippen molar-refractivity contribution in [3.05, 3.63) is 36.0 Å². The lowest BCUT2D eigenvalue weighted by atomic mass is 9.90. The highest BCUT2D eigenvalue weighted by molar-refractivity contribution is 5.71. The fourth-order valence-corrected chi connectivity index (χ4v) is 2.73. The van der Waals surface area contributed by atoms with Crippen LogP contribution in [0.4, 0.5) is 0 Å². The zero-order valence-corrected chi connectivity index (χ0v) is 15.2. The molecule has 24 heavy (non-hydrogen) atoms. The van der Waals surface area contributed by atoms with Gasteiger partial charge in [0.25, 0.3) is 0 Å². The Labute approximate surface area is 145 Å². The van der Waals surface area contributed by atoms with E-state index in [-0.39, 0.29) is 24.7 Å². The number of hydrogen-bond donors (Lipinski definition) is 1. The van der Waals surface area contributed by atoms with Gasteiger partial charge in [0.2, 0.25) is 0 Å². The Morgan fingerprint density at radius 1 is 1.29 bits per heavy atom. The summed E-state index contributed by atoms with van der Waals surface area (Å²) in [4.78, 5) is 11.7. The smallest absolute Gasteiger partial charge is 0.320 e. The number of esters is 1. The van der Waals surface area contributed by atoms with Crippen LogP contribution in [-0.2, 0) is 19.0 Å². The van der Waals surface area contributed by atoms with E-state index in [1.54, 1.807) is 7.11 Å². The third-order valence-electron chi connectivity index (χ3n) is 4.05. The summed E-state index contributed by atoms with van der Waals surface area (Å²) in [7, 11) is 1.63. The zero-order chi connectivity index (χ0) is 17.9. The second-order valence-corrected chi connectivity index (χ2v) is 6.10. The van der Waals surface area contributed by atoms with Crippen LogP contribution >= 0.6 is 0 Å². The van der Waals surface area contributed by atoms with E-state index >= 15 is 0 Å². The standard InChI is InChI=1S/C19H31NO4/c1-5-6-7-8-9-10-11-14(2)18-19(24-16(21)12-20)17(22-4)15(3)13-23-18/h7-11,15,17-19H,5-6,12-13,20H2,1-4H3/b8-7+,10-9+,14-11+/t15-,17-,18+,19+/m1/s1. The van der Waals surface area contributed by atoms with Gasteiger partial charge in [-0.3, -0.25) is 4.79 Å². The van der Waals surface area contributed by atoms with Gasteiger partial charge in [0, 0.05) is 13.0 Å². The maximum atomic E-state index is 11.7. The first-order valence-corrected chi connectivity index (χ1v) is 8.59. The first kappa shape index (κ1) is 20.6. The Hall–Kier alpha value is -1.43. The van der Waals surface area contributed by atoms with Crippen molar-refractivity contribution in [3.8, 4) is 0 Å².